The van der Waals surface area contributed by atoms with Crippen LogP contribution in [0.5, 0.6) is 0 Å². The molecule has 0 saturated heterocycles. The number of rotatable bonds is 7. The van der Waals surface area contributed by atoms with Crippen molar-refractivity contribution in [2.24, 2.45) is 0 Å². The standard InChI is InChI=1S/C26H23N3O5/c1-3-22(24(30)29-19-13-7-6-12-18(19)25(31)33-2)34-26(32)17-11-5-4-10-16(17)23-27-20-14-8-9-15-21(20)28-23/h4-15,22H,3H2,1-2H3,(H,27,28)(H,29,30). The summed E-state index contributed by atoms with van der Waals surface area (Å²) in [5.41, 5.74) is 2.94. The normalized spacial score (nSPS) is 11.6. The Morgan fingerprint density at radius 2 is 1.59 bits per heavy atom. The number of hydrogen-bond donors (Lipinski definition) is 2. The number of nitrogens with zero attached hydrogens (tertiary/aromatic N) is 1. The molecule has 4 aromatic rings. The molecular formula is C26H23N3O5. The Morgan fingerprint density at radius 1 is 0.912 bits per heavy atom. The van der Waals surface area contributed by atoms with Crippen molar-refractivity contribution in [1.29, 1.82) is 0 Å². The summed E-state index contributed by atoms with van der Waals surface area (Å²) in [4.78, 5) is 45.7. The topological polar surface area (TPSA) is 110 Å². The van der Waals surface area contributed by atoms with Crippen molar-refractivity contribution in [3.8, 4) is 11.4 Å². The minimum Gasteiger partial charge on any atom is -0.465 e. The van der Waals surface area contributed by atoms with Crippen LogP contribution in [-0.4, -0.2) is 41.0 Å². The van der Waals surface area contributed by atoms with Crippen LogP contribution >= 0.6 is 0 Å². The Labute approximate surface area is 195 Å². The van der Waals surface area contributed by atoms with Gasteiger partial charge in [0.05, 0.1) is 35.0 Å². The number of ether oxygens (including phenoxy) is 2. The average molecular weight is 457 g/mol. The van der Waals surface area contributed by atoms with Gasteiger partial charge in [-0.25, -0.2) is 14.6 Å². The van der Waals surface area contributed by atoms with Gasteiger partial charge in [0.25, 0.3) is 5.91 Å². The number of methoxy groups -OCH3 is 1. The highest BCUT2D eigenvalue weighted by molar-refractivity contribution is 6.04. The summed E-state index contributed by atoms with van der Waals surface area (Å²) in [6.07, 6.45) is -0.827. The fourth-order valence-electron chi connectivity index (χ4n) is 3.56. The monoisotopic (exact) mass is 457 g/mol. The van der Waals surface area contributed by atoms with Gasteiger partial charge in [-0.2, -0.15) is 0 Å². The number of carbonyl (C=O) groups excluding carboxylic acids is 3. The first kappa shape index (κ1) is 22.7. The quantitative estimate of drug-likeness (QED) is 0.393. The van der Waals surface area contributed by atoms with Crippen molar-refractivity contribution in [3.63, 3.8) is 0 Å². The lowest BCUT2D eigenvalue weighted by Gasteiger charge is -2.18. The zero-order chi connectivity index (χ0) is 24.1. The molecule has 0 fully saturated rings. The third-order valence-electron chi connectivity index (χ3n) is 5.29. The van der Waals surface area contributed by atoms with E-state index < -0.39 is 23.9 Å². The summed E-state index contributed by atoms with van der Waals surface area (Å²) in [5.74, 6) is -1.26. The van der Waals surface area contributed by atoms with Crippen molar-refractivity contribution in [2.75, 3.05) is 12.4 Å². The van der Waals surface area contributed by atoms with Crippen LogP contribution in [-0.2, 0) is 14.3 Å². The first-order valence-electron chi connectivity index (χ1n) is 10.7. The molecule has 4 rings (SSSR count). The minimum absolute atomic E-state index is 0.203. The summed E-state index contributed by atoms with van der Waals surface area (Å²) < 4.78 is 10.3. The fraction of sp³-hybridized carbons (Fsp3) is 0.154. The van der Waals surface area contributed by atoms with Crippen molar-refractivity contribution >= 4 is 34.6 Å². The number of fused-ring (bicyclic) bond motifs is 1. The summed E-state index contributed by atoms with van der Waals surface area (Å²) >= 11 is 0. The molecule has 1 unspecified atom stereocenters. The Bertz CT molecular complexity index is 1330. The maximum atomic E-state index is 13.1. The van der Waals surface area contributed by atoms with Crippen LogP contribution in [0.25, 0.3) is 22.4 Å². The third-order valence-corrected chi connectivity index (χ3v) is 5.29. The van der Waals surface area contributed by atoms with Gasteiger partial charge >= 0.3 is 11.9 Å². The molecule has 0 aliphatic heterocycles. The second kappa shape index (κ2) is 9.99. The molecule has 3 aromatic carbocycles. The largest absolute Gasteiger partial charge is 0.465 e. The highest BCUT2D eigenvalue weighted by Crippen LogP contribution is 2.25. The van der Waals surface area contributed by atoms with Gasteiger partial charge in [0.15, 0.2) is 6.10 Å². The van der Waals surface area contributed by atoms with E-state index in [9.17, 15) is 14.4 Å². The van der Waals surface area contributed by atoms with Crippen LogP contribution in [0, 0.1) is 0 Å². The molecule has 1 amide bonds. The number of aromatic amines is 1. The molecule has 0 aliphatic carbocycles. The van der Waals surface area contributed by atoms with E-state index in [1.54, 1.807) is 49.4 Å². The number of imidazole rings is 1. The number of benzene rings is 3. The van der Waals surface area contributed by atoms with Crippen LogP contribution in [0.4, 0.5) is 5.69 Å². The lowest BCUT2D eigenvalue weighted by Crippen LogP contribution is -2.32. The molecule has 8 heteroatoms. The Kier molecular flexibility index (Phi) is 6.68. The van der Waals surface area contributed by atoms with Gasteiger partial charge < -0.3 is 19.8 Å². The second-order valence-electron chi connectivity index (χ2n) is 7.48. The van der Waals surface area contributed by atoms with Crippen LogP contribution in [0.15, 0.2) is 72.8 Å². The van der Waals surface area contributed by atoms with Gasteiger partial charge in [-0.1, -0.05) is 49.4 Å². The third kappa shape index (κ3) is 4.66. The number of amides is 1. The molecule has 0 radical (unpaired) electrons. The number of hydrogen-bond acceptors (Lipinski definition) is 6. The Morgan fingerprint density at radius 3 is 2.32 bits per heavy atom. The lowest BCUT2D eigenvalue weighted by molar-refractivity contribution is -0.124. The molecule has 0 saturated carbocycles. The molecule has 8 nitrogen and oxygen atoms in total. The van der Waals surface area contributed by atoms with E-state index in [0.717, 1.165) is 11.0 Å². The first-order valence-corrected chi connectivity index (χ1v) is 10.7. The van der Waals surface area contributed by atoms with Gasteiger partial charge in [-0.15, -0.1) is 0 Å². The van der Waals surface area contributed by atoms with E-state index in [4.69, 9.17) is 9.47 Å². The van der Waals surface area contributed by atoms with Crippen molar-refractivity contribution in [1.82, 2.24) is 9.97 Å². The van der Waals surface area contributed by atoms with Crippen LogP contribution in [0.3, 0.4) is 0 Å². The Balaban J connectivity index is 1.55. The summed E-state index contributed by atoms with van der Waals surface area (Å²) in [6.45, 7) is 1.73. The van der Waals surface area contributed by atoms with Crippen molar-refractivity contribution in [2.45, 2.75) is 19.4 Å². The van der Waals surface area contributed by atoms with Crippen LogP contribution < -0.4 is 5.32 Å². The molecule has 1 aromatic heterocycles. The minimum atomic E-state index is -1.07. The van der Waals surface area contributed by atoms with E-state index in [1.165, 1.54) is 13.2 Å². The molecule has 172 valence electrons. The highest BCUT2D eigenvalue weighted by atomic mass is 16.5. The molecule has 0 aliphatic rings. The first-order chi connectivity index (χ1) is 16.5. The molecule has 0 spiro atoms. The lowest BCUT2D eigenvalue weighted by atomic mass is 10.1. The van der Waals surface area contributed by atoms with Crippen LogP contribution in [0.2, 0.25) is 0 Å². The number of aromatic nitrogens is 2. The summed E-state index contributed by atoms with van der Waals surface area (Å²) in [5, 5.41) is 2.66. The smallest absolute Gasteiger partial charge is 0.339 e. The van der Waals surface area contributed by atoms with E-state index in [1.807, 2.05) is 24.3 Å². The number of para-hydroxylation sites is 3. The zero-order valence-corrected chi connectivity index (χ0v) is 18.7. The summed E-state index contributed by atoms with van der Waals surface area (Å²) in [6, 6.07) is 20.9. The molecule has 34 heavy (non-hydrogen) atoms. The number of H-pyrrole nitrogens is 1. The Hall–Kier alpha value is -4.46. The van der Waals surface area contributed by atoms with Crippen molar-refractivity contribution in [3.05, 3.63) is 83.9 Å². The second-order valence-corrected chi connectivity index (χ2v) is 7.48. The summed E-state index contributed by atoms with van der Waals surface area (Å²) in [7, 11) is 1.26. The SMILES string of the molecule is CCC(OC(=O)c1ccccc1-c1nc2ccccc2[nH]1)C(=O)Nc1ccccc1C(=O)OC. The van der Waals surface area contributed by atoms with E-state index in [0.29, 0.717) is 11.4 Å². The van der Waals surface area contributed by atoms with Crippen molar-refractivity contribution < 1.29 is 23.9 Å². The maximum Gasteiger partial charge on any atom is 0.339 e. The van der Waals surface area contributed by atoms with Gasteiger partial charge in [0.1, 0.15) is 5.82 Å². The molecule has 2 N–H and O–H groups in total. The number of nitrogens with one attached hydrogen (secondary N) is 2. The van der Waals surface area contributed by atoms with Gasteiger partial charge in [0.2, 0.25) is 0 Å². The number of esters is 2. The van der Waals surface area contributed by atoms with Gasteiger partial charge in [-0.05, 0) is 36.8 Å². The predicted octanol–water partition coefficient (Wildman–Crippen LogP) is 4.59. The van der Waals surface area contributed by atoms with Crippen LogP contribution in [0.1, 0.15) is 34.1 Å². The zero-order valence-electron chi connectivity index (χ0n) is 18.7. The number of anilines is 1. The molecular weight excluding hydrogens is 434 g/mol. The van der Waals surface area contributed by atoms with Gasteiger partial charge in [0, 0.05) is 5.56 Å². The predicted molar refractivity (Wildman–Crippen MR) is 127 cm³/mol. The average Bonchev–Trinajstić information content (AvgIpc) is 3.31. The molecule has 1 heterocycles. The number of carbonyl (C=O) groups is 3. The van der Waals surface area contributed by atoms with E-state index >= 15 is 0 Å². The highest BCUT2D eigenvalue weighted by Gasteiger charge is 2.25. The van der Waals surface area contributed by atoms with Gasteiger partial charge in [-0.3, -0.25) is 4.79 Å². The molecule has 0 bridgehead atoms. The van der Waals surface area contributed by atoms with E-state index in [2.05, 4.69) is 15.3 Å². The maximum absolute atomic E-state index is 13.1. The molecule has 1 atom stereocenters. The van der Waals surface area contributed by atoms with E-state index in [-0.39, 0.29) is 23.2 Å². The fourth-order valence-corrected chi connectivity index (χ4v) is 3.56.